The Balaban J connectivity index is 1.69. The maximum Gasteiger partial charge on any atom is 0.138 e. The Morgan fingerprint density at radius 2 is 2.00 bits per heavy atom. The first-order valence-corrected chi connectivity index (χ1v) is 8.09. The van der Waals surface area contributed by atoms with E-state index >= 15 is 0 Å². The van der Waals surface area contributed by atoms with Crippen molar-refractivity contribution in [2.75, 3.05) is 6.61 Å². The highest BCUT2D eigenvalue weighted by molar-refractivity contribution is 6.30. The number of hydrogen-bond acceptors (Lipinski definition) is 4. The number of nitrogens with one attached hydrogen (secondary N) is 1. The van der Waals surface area contributed by atoms with Crippen LogP contribution >= 0.6 is 11.6 Å². The minimum atomic E-state index is -0.127. The molecule has 0 aliphatic carbocycles. The second-order valence-corrected chi connectivity index (χ2v) is 6.06. The molecule has 0 amide bonds. The lowest BCUT2D eigenvalue weighted by atomic mass is 10.1. The molecule has 1 aromatic heterocycles. The Hall–Kier alpha value is -2.21. The minimum absolute atomic E-state index is 0.0255. The Kier molecular flexibility index (Phi) is 5.25. The predicted octanol–water partition coefficient (Wildman–Crippen LogP) is 3.05. The van der Waals surface area contributed by atoms with Crippen molar-refractivity contribution in [2.24, 2.45) is 0 Å². The zero-order valence-corrected chi connectivity index (χ0v) is 14.1. The van der Waals surface area contributed by atoms with E-state index in [-0.39, 0.29) is 12.6 Å². The molecule has 2 N–H and O–H groups in total. The lowest BCUT2D eigenvalue weighted by Crippen LogP contribution is -2.24. The molecule has 3 rings (SSSR count). The number of benzene rings is 2. The van der Waals surface area contributed by atoms with Crippen LogP contribution in [0.15, 0.2) is 55.1 Å². The van der Waals surface area contributed by atoms with Crippen LogP contribution in [-0.4, -0.2) is 26.5 Å². The van der Waals surface area contributed by atoms with Gasteiger partial charge in [-0.3, -0.25) is 0 Å². The van der Waals surface area contributed by atoms with Gasteiger partial charge in [0.05, 0.1) is 18.3 Å². The van der Waals surface area contributed by atoms with Crippen molar-refractivity contribution < 1.29 is 5.11 Å². The van der Waals surface area contributed by atoms with E-state index in [0.717, 1.165) is 22.4 Å². The fourth-order valence-electron chi connectivity index (χ4n) is 2.64. The molecule has 0 spiro atoms. The first-order chi connectivity index (χ1) is 11.7. The maximum atomic E-state index is 9.64. The lowest BCUT2D eigenvalue weighted by Gasteiger charge is -2.17. The van der Waals surface area contributed by atoms with Crippen LogP contribution in [0.5, 0.6) is 0 Å². The van der Waals surface area contributed by atoms with Gasteiger partial charge in [-0.15, -0.1) is 0 Å². The molecule has 124 valence electrons. The van der Waals surface area contributed by atoms with Crippen LogP contribution in [0.25, 0.3) is 5.69 Å². The molecule has 0 aliphatic rings. The van der Waals surface area contributed by atoms with E-state index < -0.39 is 0 Å². The standard InChI is InChI=1S/C18H19ClN4O/c1-13-8-14(2-7-18(13)23-12-20-11-22-23)9-21-17(10-24)15-3-5-16(19)6-4-15/h2-8,11-12,17,21,24H,9-10H2,1H3. The lowest BCUT2D eigenvalue weighted by molar-refractivity contribution is 0.243. The molecule has 0 radical (unpaired) electrons. The van der Waals surface area contributed by atoms with Crippen molar-refractivity contribution in [3.8, 4) is 5.69 Å². The van der Waals surface area contributed by atoms with Gasteiger partial charge in [-0.05, 0) is 41.8 Å². The molecular weight excluding hydrogens is 324 g/mol. The molecule has 0 saturated heterocycles. The van der Waals surface area contributed by atoms with Gasteiger partial charge in [-0.2, -0.15) is 5.10 Å². The molecule has 0 bridgehead atoms. The van der Waals surface area contributed by atoms with Crippen LogP contribution in [0.1, 0.15) is 22.7 Å². The van der Waals surface area contributed by atoms with Gasteiger partial charge in [-0.25, -0.2) is 9.67 Å². The van der Waals surface area contributed by atoms with Crippen LogP contribution in [0, 0.1) is 6.92 Å². The highest BCUT2D eigenvalue weighted by Gasteiger charge is 2.10. The number of nitrogens with zero attached hydrogens (tertiary/aromatic N) is 3. The Morgan fingerprint density at radius 3 is 2.62 bits per heavy atom. The zero-order valence-electron chi connectivity index (χ0n) is 13.4. The van der Waals surface area contributed by atoms with Crippen molar-refractivity contribution >= 4 is 11.6 Å². The molecule has 6 heteroatoms. The molecule has 1 heterocycles. The third-order valence-electron chi connectivity index (χ3n) is 3.93. The minimum Gasteiger partial charge on any atom is -0.394 e. The van der Waals surface area contributed by atoms with Gasteiger partial charge in [0.1, 0.15) is 12.7 Å². The summed E-state index contributed by atoms with van der Waals surface area (Å²) < 4.78 is 1.75. The molecule has 1 atom stereocenters. The SMILES string of the molecule is Cc1cc(CNC(CO)c2ccc(Cl)cc2)ccc1-n1cncn1. The number of aliphatic hydroxyl groups is 1. The number of rotatable bonds is 6. The highest BCUT2D eigenvalue weighted by Crippen LogP contribution is 2.18. The van der Waals surface area contributed by atoms with Crippen LogP contribution in [-0.2, 0) is 6.54 Å². The zero-order chi connectivity index (χ0) is 16.9. The maximum absolute atomic E-state index is 9.64. The molecule has 2 aromatic carbocycles. The molecule has 24 heavy (non-hydrogen) atoms. The second kappa shape index (κ2) is 7.57. The number of aryl methyl sites for hydroxylation is 1. The second-order valence-electron chi connectivity index (χ2n) is 5.63. The van der Waals surface area contributed by atoms with Gasteiger partial charge in [0, 0.05) is 11.6 Å². The summed E-state index contributed by atoms with van der Waals surface area (Å²) in [5, 5.41) is 17.9. The number of aliphatic hydroxyl groups excluding tert-OH is 1. The van der Waals surface area contributed by atoms with Crippen molar-refractivity contribution in [3.05, 3.63) is 76.8 Å². The summed E-state index contributed by atoms with van der Waals surface area (Å²) in [4.78, 5) is 3.97. The average Bonchev–Trinajstić information content (AvgIpc) is 3.11. The summed E-state index contributed by atoms with van der Waals surface area (Å²) in [7, 11) is 0. The van der Waals surface area contributed by atoms with E-state index in [0.29, 0.717) is 11.6 Å². The molecule has 0 saturated carbocycles. The Morgan fingerprint density at radius 1 is 1.21 bits per heavy atom. The number of halogens is 1. The topological polar surface area (TPSA) is 63.0 Å². The summed E-state index contributed by atoms with van der Waals surface area (Å²) in [6.07, 6.45) is 3.20. The van der Waals surface area contributed by atoms with Crippen LogP contribution in [0.4, 0.5) is 0 Å². The summed E-state index contributed by atoms with van der Waals surface area (Å²) in [5.74, 6) is 0. The van der Waals surface area contributed by atoms with E-state index in [1.165, 1.54) is 6.33 Å². The Labute approximate surface area is 145 Å². The summed E-state index contributed by atoms with van der Waals surface area (Å²) in [5.41, 5.74) is 4.28. The molecule has 5 nitrogen and oxygen atoms in total. The largest absolute Gasteiger partial charge is 0.394 e. The van der Waals surface area contributed by atoms with E-state index in [1.54, 1.807) is 11.0 Å². The molecular formula is C18H19ClN4O. The fraction of sp³-hybridized carbons (Fsp3) is 0.222. The highest BCUT2D eigenvalue weighted by atomic mass is 35.5. The van der Waals surface area contributed by atoms with Gasteiger partial charge >= 0.3 is 0 Å². The smallest absolute Gasteiger partial charge is 0.138 e. The third-order valence-corrected chi connectivity index (χ3v) is 4.19. The Bertz CT molecular complexity index is 787. The van der Waals surface area contributed by atoms with Gasteiger partial charge in [0.15, 0.2) is 0 Å². The van der Waals surface area contributed by atoms with Gasteiger partial charge in [0.2, 0.25) is 0 Å². The first-order valence-electron chi connectivity index (χ1n) is 7.71. The van der Waals surface area contributed by atoms with Gasteiger partial charge < -0.3 is 10.4 Å². The quantitative estimate of drug-likeness (QED) is 0.722. The van der Waals surface area contributed by atoms with Crippen LogP contribution in [0.3, 0.4) is 0 Å². The normalized spacial score (nSPS) is 12.3. The fourth-order valence-corrected chi connectivity index (χ4v) is 2.77. The van der Waals surface area contributed by atoms with Gasteiger partial charge in [-0.1, -0.05) is 35.9 Å². The molecule has 0 aliphatic heterocycles. The van der Waals surface area contributed by atoms with Crippen LogP contribution in [0.2, 0.25) is 5.02 Å². The molecule has 1 unspecified atom stereocenters. The number of aromatic nitrogens is 3. The van der Waals surface area contributed by atoms with Crippen molar-refractivity contribution in [3.63, 3.8) is 0 Å². The number of hydrogen-bond donors (Lipinski definition) is 2. The van der Waals surface area contributed by atoms with E-state index in [1.807, 2.05) is 43.3 Å². The van der Waals surface area contributed by atoms with E-state index in [2.05, 4.69) is 21.5 Å². The molecule has 3 aromatic rings. The van der Waals surface area contributed by atoms with E-state index in [9.17, 15) is 5.11 Å². The van der Waals surface area contributed by atoms with Crippen LogP contribution < -0.4 is 5.32 Å². The van der Waals surface area contributed by atoms with Crippen molar-refractivity contribution in [1.82, 2.24) is 20.1 Å². The summed E-state index contributed by atoms with van der Waals surface area (Å²) >= 11 is 5.91. The van der Waals surface area contributed by atoms with Crippen molar-refractivity contribution in [1.29, 1.82) is 0 Å². The third kappa shape index (κ3) is 3.82. The van der Waals surface area contributed by atoms with Crippen molar-refractivity contribution in [2.45, 2.75) is 19.5 Å². The summed E-state index contributed by atoms with van der Waals surface area (Å²) in [6, 6.07) is 13.6. The monoisotopic (exact) mass is 342 g/mol. The van der Waals surface area contributed by atoms with E-state index in [4.69, 9.17) is 11.6 Å². The average molecular weight is 343 g/mol. The molecule has 0 fully saturated rings. The van der Waals surface area contributed by atoms with Gasteiger partial charge in [0.25, 0.3) is 0 Å². The predicted molar refractivity (Wildman–Crippen MR) is 94.2 cm³/mol. The summed E-state index contributed by atoms with van der Waals surface area (Å²) in [6.45, 7) is 2.73. The first kappa shape index (κ1) is 16.6.